The van der Waals surface area contributed by atoms with Gasteiger partial charge in [-0.05, 0) is 26.7 Å². The van der Waals surface area contributed by atoms with E-state index in [0.29, 0.717) is 32.4 Å². The molecular weight excluding hydrogens is 208 g/mol. The van der Waals surface area contributed by atoms with Crippen molar-refractivity contribution in [3.63, 3.8) is 0 Å². The number of rotatable bonds is 4. The summed E-state index contributed by atoms with van der Waals surface area (Å²) >= 11 is 0. The number of amides is 1. The van der Waals surface area contributed by atoms with Crippen molar-refractivity contribution >= 4 is 11.9 Å². The molecule has 1 fully saturated rings. The van der Waals surface area contributed by atoms with E-state index >= 15 is 0 Å². The van der Waals surface area contributed by atoms with Crippen molar-refractivity contribution < 1.29 is 14.7 Å². The molecule has 16 heavy (non-hydrogen) atoms. The number of hydrogen-bond acceptors (Lipinski definition) is 3. The van der Waals surface area contributed by atoms with Crippen LogP contribution in [0, 0.1) is 5.92 Å². The van der Waals surface area contributed by atoms with Gasteiger partial charge in [0.25, 0.3) is 0 Å². The van der Waals surface area contributed by atoms with Crippen molar-refractivity contribution in [1.29, 1.82) is 0 Å². The predicted molar refractivity (Wildman–Crippen MR) is 59.8 cm³/mol. The van der Waals surface area contributed by atoms with Gasteiger partial charge < -0.3 is 15.7 Å². The Labute approximate surface area is 95.6 Å². The first kappa shape index (κ1) is 13.0. The Bertz CT molecular complexity index is 283. The molecule has 1 heterocycles. The Morgan fingerprint density at radius 1 is 1.50 bits per heavy atom. The third-order valence-corrected chi connectivity index (χ3v) is 2.87. The van der Waals surface area contributed by atoms with Gasteiger partial charge in [0.05, 0.1) is 5.92 Å². The molecule has 0 aromatic rings. The quantitative estimate of drug-likeness (QED) is 0.731. The van der Waals surface area contributed by atoms with Gasteiger partial charge >= 0.3 is 5.97 Å². The number of carbonyl (C=O) groups excluding carboxylic acids is 1. The Hall–Kier alpha value is -1.10. The molecule has 1 unspecified atom stereocenters. The molecule has 5 nitrogen and oxygen atoms in total. The zero-order chi connectivity index (χ0) is 12.3. The Morgan fingerprint density at radius 3 is 2.56 bits per heavy atom. The summed E-state index contributed by atoms with van der Waals surface area (Å²) in [5.41, 5.74) is 5.45. The molecule has 1 atom stereocenters. The summed E-state index contributed by atoms with van der Waals surface area (Å²) in [6.07, 6.45) is 1.59. The maximum atomic E-state index is 11.7. The molecule has 1 saturated heterocycles. The molecule has 1 aliphatic heterocycles. The molecule has 1 aliphatic rings. The van der Waals surface area contributed by atoms with Crippen molar-refractivity contribution in [2.24, 2.45) is 11.7 Å². The molecule has 0 aliphatic carbocycles. The smallest absolute Gasteiger partial charge is 0.308 e. The van der Waals surface area contributed by atoms with Gasteiger partial charge in [0, 0.05) is 25.0 Å². The van der Waals surface area contributed by atoms with E-state index in [1.54, 1.807) is 4.90 Å². The van der Waals surface area contributed by atoms with Crippen LogP contribution in [0.5, 0.6) is 0 Å². The minimum atomic E-state index is -0.811. The molecule has 92 valence electrons. The molecule has 3 N–H and O–H groups in total. The minimum Gasteiger partial charge on any atom is -0.481 e. The van der Waals surface area contributed by atoms with Crippen LogP contribution >= 0.6 is 0 Å². The Kier molecular flexibility index (Phi) is 3.91. The second-order valence-corrected chi connectivity index (χ2v) is 5.15. The van der Waals surface area contributed by atoms with Crippen molar-refractivity contribution in [3.05, 3.63) is 0 Å². The summed E-state index contributed by atoms with van der Waals surface area (Å²) in [5, 5.41) is 8.81. The lowest BCUT2D eigenvalue weighted by molar-refractivity contribution is -0.141. The molecular formula is C11H20N2O3. The lowest BCUT2D eigenvalue weighted by atomic mass is 10.00. The summed E-state index contributed by atoms with van der Waals surface area (Å²) in [4.78, 5) is 24.1. The van der Waals surface area contributed by atoms with Crippen LogP contribution in [0.2, 0.25) is 0 Å². The molecule has 1 rings (SSSR count). The first-order valence-corrected chi connectivity index (χ1v) is 5.59. The lowest BCUT2D eigenvalue weighted by Gasteiger charge is -2.21. The first-order chi connectivity index (χ1) is 7.29. The van der Waals surface area contributed by atoms with E-state index in [4.69, 9.17) is 10.8 Å². The third-order valence-electron chi connectivity index (χ3n) is 2.87. The van der Waals surface area contributed by atoms with Gasteiger partial charge in [-0.25, -0.2) is 0 Å². The topological polar surface area (TPSA) is 83.6 Å². The van der Waals surface area contributed by atoms with Crippen molar-refractivity contribution in [2.75, 3.05) is 13.1 Å². The molecule has 1 amide bonds. The van der Waals surface area contributed by atoms with Crippen LogP contribution in [0.3, 0.4) is 0 Å². The number of nitrogens with two attached hydrogens (primary N) is 1. The van der Waals surface area contributed by atoms with Crippen molar-refractivity contribution in [3.8, 4) is 0 Å². The number of aliphatic carboxylic acids is 1. The van der Waals surface area contributed by atoms with Crippen molar-refractivity contribution in [1.82, 2.24) is 4.90 Å². The number of carbonyl (C=O) groups is 2. The van der Waals surface area contributed by atoms with Gasteiger partial charge in [0.15, 0.2) is 0 Å². The highest BCUT2D eigenvalue weighted by molar-refractivity contribution is 5.78. The average molecular weight is 228 g/mol. The van der Waals surface area contributed by atoms with Crippen LogP contribution < -0.4 is 5.73 Å². The molecule has 0 saturated carbocycles. The van der Waals surface area contributed by atoms with E-state index in [9.17, 15) is 9.59 Å². The Balaban J connectivity index is 2.37. The summed E-state index contributed by atoms with van der Waals surface area (Å²) in [7, 11) is 0. The summed E-state index contributed by atoms with van der Waals surface area (Å²) < 4.78 is 0. The lowest BCUT2D eigenvalue weighted by Crippen LogP contribution is -2.35. The molecule has 0 aromatic carbocycles. The van der Waals surface area contributed by atoms with Crippen LogP contribution in [0.4, 0.5) is 0 Å². The standard InChI is InChI=1S/C11H20N2O3/c1-11(2,12)5-3-9(14)13-6-4-8(7-13)10(15)16/h8H,3-7,12H2,1-2H3,(H,15,16). The number of carboxylic acids is 1. The van der Waals surface area contributed by atoms with Gasteiger partial charge in [0.1, 0.15) is 0 Å². The molecule has 0 radical (unpaired) electrons. The van der Waals surface area contributed by atoms with E-state index in [-0.39, 0.29) is 11.4 Å². The van der Waals surface area contributed by atoms with Gasteiger partial charge in [-0.2, -0.15) is 0 Å². The zero-order valence-corrected chi connectivity index (χ0v) is 9.90. The molecule has 0 aromatic heterocycles. The number of carboxylic acid groups (broad SMARTS) is 1. The van der Waals surface area contributed by atoms with Crippen LogP contribution in [0.25, 0.3) is 0 Å². The molecule has 0 spiro atoms. The van der Waals surface area contributed by atoms with E-state index in [0.717, 1.165) is 0 Å². The number of nitrogens with zero attached hydrogens (tertiary/aromatic N) is 1. The van der Waals surface area contributed by atoms with E-state index in [1.807, 2.05) is 13.8 Å². The fraction of sp³-hybridized carbons (Fsp3) is 0.818. The first-order valence-electron chi connectivity index (χ1n) is 5.59. The van der Waals surface area contributed by atoms with E-state index in [2.05, 4.69) is 0 Å². The van der Waals surface area contributed by atoms with Crippen LogP contribution in [0.1, 0.15) is 33.1 Å². The second kappa shape index (κ2) is 4.82. The van der Waals surface area contributed by atoms with Crippen LogP contribution in [-0.4, -0.2) is 40.5 Å². The zero-order valence-electron chi connectivity index (χ0n) is 9.90. The monoisotopic (exact) mass is 228 g/mol. The number of hydrogen-bond donors (Lipinski definition) is 2. The third kappa shape index (κ3) is 3.81. The summed E-state index contributed by atoms with van der Waals surface area (Å²) in [5.74, 6) is -1.19. The molecule has 0 bridgehead atoms. The van der Waals surface area contributed by atoms with Gasteiger partial charge in [0.2, 0.25) is 5.91 Å². The summed E-state index contributed by atoms with van der Waals surface area (Å²) in [6, 6.07) is 0. The fourth-order valence-electron chi connectivity index (χ4n) is 1.78. The Morgan fingerprint density at radius 2 is 2.12 bits per heavy atom. The maximum absolute atomic E-state index is 11.7. The van der Waals surface area contributed by atoms with Crippen molar-refractivity contribution in [2.45, 2.75) is 38.6 Å². The second-order valence-electron chi connectivity index (χ2n) is 5.15. The average Bonchev–Trinajstić information content (AvgIpc) is 2.61. The predicted octanol–water partition coefficient (Wildman–Crippen LogP) is 0.437. The highest BCUT2D eigenvalue weighted by atomic mass is 16.4. The van der Waals surface area contributed by atoms with Crippen LogP contribution in [0.15, 0.2) is 0 Å². The van der Waals surface area contributed by atoms with Gasteiger partial charge in [-0.3, -0.25) is 9.59 Å². The van der Waals surface area contributed by atoms with Gasteiger partial charge in [-0.15, -0.1) is 0 Å². The molecule has 5 heteroatoms. The fourth-order valence-corrected chi connectivity index (χ4v) is 1.78. The van der Waals surface area contributed by atoms with E-state index < -0.39 is 11.9 Å². The normalized spacial score (nSPS) is 21.2. The minimum absolute atomic E-state index is 0.0160. The van der Waals surface area contributed by atoms with Crippen LogP contribution in [-0.2, 0) is 9.59 Å². The highest BCUT2D eigenvalue weighted by Crippen LogP contribution is 2.18. The SMILES string of the molecule is CC(C)(N)CCC(=O)N1CCC(C(=O)O)C1. The van der Waals surface area contributed by atoms with E-state index in [1.165, 1.54) is 0 Å². The maximum Gasteiger partial charge on any atom is 0.308 e. The largest absolute Gasteiger partial charge is 0.481 e. The highest BCUT2D eigenvalue weighted by Gasteiger charge is 2.30. The van der Waals surface area contributed by atoms with Gasteiger partial charge in [-0.1, -0.05) is 0 Å². The number of likely N-dealkylation sites (tertiary alicyclic amines) is 1. The summed E-state index contributed by atoms with van der Waals surface area (Å²) in [6.45, 7) is 4.66.